The third-order valence-electron chi connectivity index (χ3n) is 2.51. The highest BCUT2D eigenvalue weighted by atomic mass is 35.7. The van der Waals surface area contributed by atoms with Gasteiger partial charge in [-0.15, -0.1) is 0 Å². The average molecular weight is 341 g/mol. The molecule has 0 aliphatic heterocycles. The molecule has 0 spiro atoms. The van der Waals surface area contributed by atoms with Crippen molar-refractivity contribution in [1.82, 2.24) is 19.1 Å². The molecule has 21 heavy (non-hydrogen) atoms. The molecule has 0 unspecified atom stereocenters. The number of imidazole rings is 1. The van der Waals surface area contributed by atoms with E-state index in [4.69, 9.17) is 10.7 Å². The Morgan fingerprint density at radius 1 is 1.38 bits per heavy atom. The van der Waals surface area contributed by atoms with E-state index in [9.17, 15) is 26.8 Å². The Morgan fingerprint density at radius 3 is 2.62 bits per heavy atom. The van der Waals surface area contributed by atoms with Gasteiger partial charge in [-0.25, -0.2) is 18.2 Å². The topological polar surface area (TPSA) is 107 Å². The first-order chi connectivity index (χ1) is 9.70. The molecule has 2 aromatic heterocycles. The Labute approximate surface area is 120 Å². The second-order valence-electron chi connectivity index (χ2n) is 3.85. The lowest BCUT2D eigenvalue weighted by Crippen LogP contribution is -2.33. The van der Waals surface area contributed by atoms with Gasteiger partial charge < -0.3 is 0 Å². The second kappa shape index (κ2) is 5.41. The van der Waals surface area contributed by atoms with E-state index in [2.05, 4.69) is 4.98 Å². The van der Waals surface area contributed by atoms with E-state index in [1.807, 2.05) is 0 Å². The van der Waals surface area contributed by atoms with Crippen LogP contribution in [0.25, 0.3) is 0 Å². The van der Waals surface area contributed by atoms with Crippen molar-refractivity contribution in [3.63, 3.8) is 0 Å². The number of alkyl halides is 2. The first-order valence-corrected chi connectivity index (χ1v) is 7.59. The number of aromatic nitrogens is 4. The largest absolute Gasteiger partial charge is 0.328 e. The van der Waals surface area contributed by atoms with Crippen molar-refractivity contribution in [1.29, 1.82) is 0 Å². The van der Waals surface area contributed by atoms with Gasteiger partial charge in [0.2, 0.25) is 0 Å². The molecule has 0 saturated heterocycles. The molecule has 0 amide bonds. The summed E-state index contributed by atoms with van der Waals surface area (Å²) in [7, 11) is 0.663. The maximum atomic E-state index is 12.7. The Bertz CT molecular complexity index is 886. The Morgan fingerprint density at radius 2 is 2.05 bits per heavy atom. The molecule has 8 nitrogen and oxygen atoms in total. The average Bonchev–Trinajstić information content (AvgIpc) is 2.79. The number of nitrogens with zero attached hydrogens (tertiary/aromatic N) is 3. The molecule has 12 heteroatoms. The minimum Gasteiger partial charge on any atom is -0.292 e. The van der Waals surface area contributed by atoms with E-state index in [0.29, 0.717) is 15.3 Å². The first-order valence-electron chi connectivity index (χ1n) is 5.28. The lowest BCUT2D eigenvalue weighted by Gasteiger charge is -2.08. The molecular weight excluding hydrogens is 334 g/mol. The van der Waals surface area contributed by atoms with Gasteiger partial charge in [-0.3, -0.25) is 18.9 Å². The van der Waals surface area contributed by atoms with Crippen molar-refractivity contribution < 1.29 is 17.2 Å². The molecule has 0 radical (unpaired) electrons. The fourth-order valence-corrected chi connectivity index (χ4v) is 2.43. The molecule has 1 N–H and O–H groups in total. The predicted octanol–water partition coefficient (Wildman–Crippen LogP) is 0.104. The maximum absolute atomic E-state index is 12.7. The van der Waals surface area contributed by atoms with Crippen molar-refractivity contribution in [3.05, 3.63) is 45.3 Å². The van der Waals surface area contributed by atoms with Crippen LogP contribution >= 0.6 is 10.7 Å². The van der Waals surface area contributed by atoms with Crippen LogP contribution in [0.4, 0.5) is 8.78 Å². The first kappa shape index (κ1) is 15.4. The molecule has 0 aliphatic rings. The molecule has 0 saturated carbocycles. The lowest BCUT2D eigenvalue weighted by molar-refractivity contribution is 0.0666. The minimum atomic E-state index is -4.38. The van der Waals surface area contributed by atoms with Crippen LogP contribution in [0.3, 0.4) is 0 Å². The van der Waals surface area contributed by atoms with Crippen molar-refractivity contribution in [2.45, 2.75) is 18.0 Å². The summed E-state index contributed by atoms with van der Waals surface area (Å²) >= 11 is 0. The third-order valence-corrected chi connectivity index (χ3v) is 3.83. The molecular formula is C9H7ClF2N4O4S. The quantitative estimate of drug-likeness (QED) is 0.795. The smallest absolute Gasteiger partial charge is 0.292 e. The van der Waals surface area contributed by atoms with Crippen molar-refractivity contribution >= 4 is 19.7 Å². The van der Waals surface area contributed by atoms with E-state index in [-0.39, 0.29) is 5.82 Å². The summed E-state index contributed by atoms with van der Waals surface area (Å²) in [5, 5.41) is 0. The second-order valence-corrected chi connectivity index (χ2v) is 6.38. The van der Waals surface area contributed by atoms with Crippen LogP contribution in [-0.4, -0.2) is 27.5 Å². The SMILES string of the molecule is O=c1[nH]c(=O)n(Cc2nccn2C(F)F)cc1S(=O)(=O)Cl. The van der Waals surface area contributed by atoms with Gasteiger partial charge in [0.15, 0.2) is 4.90 Å². The lowest BCUT2D eigenvalue weighted by atomic mass is 10.5. The van der Waals surface area contributed by atoms with Crippen LogP contribution in [0.1, 0.15) is 12.4 Å². The highest BCUT2D eigenvalue weighted by Crippen LogP contribution is 2.13. The molecule has 0 fully saturated rings. The molecule has 0 atom stereocenters. The molecule has 2 rings (SSSR count). The van der Waals surface area contributed by atoms with Crippen LogP contribution < -0.4 is 11.2 Å². The van der Waals surface area contributed by atoms with Gasteiger partial charge >= 0.3 is 12.2 Å². The summed E-state index contributed by atoms with van der Waals surface area (Å²) in [4.78, 5) is 27.4. The summed E-state index contributed by atoms with van der Waals surface area (Å²) in [6, 6.07) is 0. The highest BCUT2D eigenvalue weighted by Gasteiger charge is 2.19. The Kier molecular flexibility index (Phi) is 3.96. The molecule has 0 bridgehead atoms. The third kappa shape index (κ3) is 3.19. The molecule has 114 valence electrons. The zero-order valence-corrected chi connectivity index (χ0v) is 11.6. The van der Waals surface area contributed by atoms with Crippen LogP contribution in [0.15, 0.2) is 33.1 Å². The minimum absolute atomic E-state index is 0.197. The normalized spacial score (nSPS) is 12.0. The molecule has 0 aliphatic carbocycles. The predicted molar refractivity (Wildman–Crippen MR) is 66.9 cm³/mol. The summed E-state index contributed by atoms with van der Waals surface area (Å²) < 4.78 is 48.9. The van der Waals surface area contributed by atoms with E-state index in [1.54, 1.807) is 4.98 Å². The van der Waals surface area contributed by atoms with E-state index in [1.165, 1.54) is 0 Å². The van der Waals surface area contributed by atoms with Gasteiger partial charge in [-0.2, -0.15) is 8.78 Å². The fourth-order valence-electron chi connectivity index (χ4n) is 1.58. The maximum Gasteiger partial charge on any atom is 0.328 e. The van der Waals surface area contributed by atoms with Gasteiger partial charge in [0.25, 0.3) is 14.6 Å². The summed E-state index contributed by atoms with van der Waals surface area (Å²) in [6.07, 6.45) is 2.77. The van der Waals surface area contributed by atoms with Gasteiger partial charge in [0, 0.05) is 29.3 Å². The van der Waals surface area contributed by atoms with Crippen LogP contribution in [-0.2, 0) is 15.6 Å². The number of H-pyrrole nitrogens is 1. The summed E-state index contributed by atoms with van der Waals surface area (Å²) in [6.45, 7) is -3.34. The van der Waals surface area contributed by atoms with Crippen molar-refractivity contribution in [2.24, 2.45) is 0 Å². The number of aromatic amines is 1. The van der Waals surface area contributed by atoms with E-state index in [0.717, 1.165) is 12.4 Å². The van der Waals surface area contributed by atoms with Gasteiger partial charge in [-0.05, 0) is 0 Å². The summed E-state index contributed by atoms with van der Waals surface area (Å²) in [5.41, 5.74) is -2.17. The molecule has 0 aromatic carbocycles. The van der Waals surface area contributed by atoms with Crippen molar-refractivity contribution in [3.8, 4) is 0 Å². The molecule has 2 aromatic rings. The van der Waals surface area contributed by atoms with E-state index < -0.39 is 38.3 Å². The zero-order chi connectivity index (χ0) is 15.8. The van der Waals surface area contributed by atoms with Gasteiger partial charge in [-0.1, -0.05) is 0 Å². The van der Waals surface area contributed by atoms with Crippen LogP contribution in [0, 0.1) is 0 Å². The van der Waals surface area contributed by atoms with Crippen LogP contribution in [0.5, 0.6) is 0 Å². The summed E-state index contributed by atoms with van der Waals surface area (Å²) in [5.74, 6) is -0.197. The van der Waals surface area contributed by atoms with Gasteiger partial charge in [0.1, 0.15) is 5.82 Å². The number of nitrogens with one attached hydrogen (secondary N) is 1. The molecule has 2 heterocycles. The fraction of sp³-hybridized carbons (Fsp3) is 0.222. The van der Waals surface area contributed by atoms with E-state index >= 15 is 0 Å². The number of rotatable bonds is 4. The highest BCUT2D eigenvalue weighted by molar-refractivity contribution is 8.13. The standard InChI is InChI=1S/C9H7ClF2N4O4S/c10-21(19,20)5-3-15(9(18)14-7(5)17)4-6-13-1-2-16(6)8(11)12/h1-3,8H,4H2,(H,14,17,18). The van der Waals surface area contributed by atoms with Crippen molar-refractivity contribution in [2.75, 3.05) is 0 Å². The zero-order valence-electron chi connectivity index (χ0n) is 10.0. The number of hydrogen-bond acceptors (Lipinski definition) is 5. The number of hydrogen-bond donors (Lipinski definition) is 1. The Hall–Kier alpha value is -2.01. The monoisotopic (exact) mass is 340 g/mol. The van der Waals surface area contributed by atoms with Gasteiger partial charge in [0.05, 0.1) is 6.54 Å². The van der Waals surface area contributed by atoms with Crippen LogP contribution in [0.2, 0.25) is 0 Å². The Balaban J connectivity index is 2.53. The number of halogens is 3.